The minimum atomic E-state index is -0.544. The maximum absolute atomic E-state index is 10.5. The maximum Gasteiger partial charge on any atom is 0.137 e. The second-order valence-corrected chi connectivity index (χ2v) is 5.27. The number of aliphatic hydroxyl groups is 1. The fourth-order valence-electron chi connectivity index (χ4n) is 2.74. The Morgan fingerprint density at radius 3 is 2.95 bits per heavy atom. The van der Waals surface area contributed by atoms with E-state index in [1.807, 2.05) is 35.0 Å². The summed E-state index contributed by atoms with van der Waals surface area (Å²) in [4.78, 5) is 4.51. The van der Waals surface area contributed by atoms with Gasteiger partial charge in [-0.25, -0.2) is 4.98 Å². The lowest BCUT2D eigenvalue weighted by Gasteiger charge is -2.15. The third-order valence-corrected chi connectivity index (χ3v) is 3.84. The molecule has 2 aromatic rings. The highest BCUT2D eigenvalue weighted by Crippen LogP contribution is 2.28. The van der Waals surface area contributed by atoms with Crippen molar-refractivity contribution in [3.8, 4) is 0 Å². The second kappa shape index (κ2) is 5.57. The van der Waals surface area contributed by atoms with E-state index in [0.29, 0.717) is 0 Å². The molecular weight excluding hydrogens is 236 g/mol. The Hall–Kier alpha value is -1.61. The molecule has 1 atom stereocenters. The van der Waals surface area contributed by atoms with E-state index in [4.69, 9.17) is 0 Å². The molecule has 3 rings (SSSR count). The number of rotatable bonds is 2. The molecule has 3 heteroatoms. The van der Waals surface area contributed by atoms with Crippen LogP contribution >= 0.6 is 0 Å². The molecule has 1 aliphatic carbocycles. The molecule has 0 aliphatic heterocycles. The summed E-state index contributed by atoms with van der Waals surface area (Å²) in [7, 11) is 0. The van der Waals surface area contributed by atoms with Gasteiger partial charge in [0.15, 0.2) is 0 Å². The minimum Gasteiger partial charge on any atom is -0.382 e. The maximum atomic E-state index is 10.5. The zero-order valence-corrected chi connectivity index (χ0v) is 11.1. The van der Waals surface area contributed by atoms with Gasteiger partial charge in [-0.15, -0.1) is 0 Å². The van der Waals surface area contributed by atoms with E-state index in [2.05, 4.69) is 11.1 Å². The van der Waals surface area contributed by atoms with Crippen LogP contribution in [0.1, 0.15) is 50.3 Å². The standard InChI is InChI=1S/C16H20N2O/c19-16(13-8-4-2-1-3-5-9-13)14-12-18-11-7-6-10-15(18)17-14/h6-8,10-12,16,19H,1-5,9H2/b13-8+. The quantitative estimate of drug-likeness (QED) is 0.833. The van der Waals surface area contributed by atoms with Gasteiger partial charge in [-0.3, -0.25) is 0 Å². The first kappa shape index (κ1) is 12.4. The number of hydrogen-bond donors (Lipinski definition) is 1. The fraction of sp³-hybridized carbons (Fsp3) is 0.438. The Kier molecular flexibility index (Phi) is 3.65. The SMILES string of the molecule is OC(/C1=C/CCCCCC1)c1cn2ccccc2n1. The Morgan fingerprint density at radius 2 is 2.05 bits per heavy atom. The van der Waals surface area contributed by atoms with Crippen molar-refractivity contribution in [2.75, 3.05) is 0 Å². The van der Waals surface area contributed by atoms with Crippen molar-refractivity contribution in [2.24, 2.45) is 0 Å². The molecule has 1 N–H and O–H groups in total. The third-order valence-electron chi connectivity index (χ3n) is 3.84. The lowest BCUT2D eigenvalue weighted by molar-refractivity contribution is 0.205. The molecule has 2 aromatic heterocycles. The second-order valence-electron chi connectivity index (χ2n) is 5.27. The predicted octanol–water partition coefficient (Wildman–Crippen LogP) is 3.65. The lowest BCUT2D eigenvalue weighted by Crippen LogP contribution is -2.04. The van der Waals surface area contributed by atoms with Crippen molar-refractivity contribution in [3.05, 3.63) is 47.9 Å². The zero-order valence-electron chi connectivity index (χ0n) is 11.1. The minimum absolute atomic E-state index is 0.544. The van der Waals surface area contributed by atoms with Crippen molar-refractivity contribution in [1.29, 1.82) is 0 Å². The third kappa shape index (κ3) is 2.71. The van der Waals surface area contributed by atoms with Crippen molar-refractivity contribution in [3.63, 3.8) is 0 Å². The number of fused-ring (bicyclic) bond motifs is 1. The predicted molar refractivity (Wildman–Crippen MR) is 75.9 cm³/mol. The molecule has 0 amide bonds. The van der Waals surface area contributed by atoms with Crippen molar-refractivity contribution >= 4 is 5.65 Å². The summed E-state index contributed by atoms with van der Waals surface area (Å²) in [5.74, 6) is 0. The Labute approximate surface area is 113 Å². The van der Waals surface area contributed by atoms with Crippen LogP contribution in [0.2, 0.25) is 0 Å². The van der Waals surface area contributed by atoms with Crippen LogP contribution in [0, 0.1) is 0 Å². The Bertz CT molecular complexity index is 552. The molecule has 0 saturated heterocycles. The van der Waals surface area contributed by atoms with E-state index >= 15 is 0 Å². The van der Waals surface area contributed by atoms with Gasteiger partial charge in [0.25, 0.3) is 0 Å². The Balaban J connectivity index is 1.87. The van der Waals surface area contributed by atoms with Gasteiger partial charge in [0.05, 0.1) is 5.69 Å². The number of nitrogens with zero attached hydrogens (tertiary/aromatic N) is 2. The lowest BCUT2D eigenvalue weighted by atomic mass is 9.95. The summed E-state index contributed by atoms with van der Waals surface area (Å²) < 4.78 is 1.96. The number of pyridine rings is 1. The number of aliphatic hydroxyl groups excluding tert-OH is 1. The molecule has 0 saturated carbocycles. The highest BCUT2D eigenvalue weighted by atomic mass is 16.3. The molecule has 0 spiro atoms. The van der Waals surface area contributed by atoms with Gasteiger partial charge < -0.3 is 9.51 Å². The molecule has 3 nitrogen and oxygen atoms in total. The average molecular weight is 256 g/mol. The van der Waals surface area contributed by atoms with Crippen LogP contribution in [0.15, 0.2) is 42.2 Å². The van der Waals surface area contributed by atoms with Crippen molar-refractivity contribution in [1.82, 2.24) is 9.38 Å². The van der Waals surface area contributed by atoms with Gasteiger partial charge in [0, 0.05) is 12.4 Å². The molecular formula is C16H20N2O. The molecule has 0 bridgehead atoms. The van der Waals surface area contributed by atoms with Crippen LogP contribution in [0.5, 0.6) is 0 Å². The van der Waals surface area contributed by atoms with Gasteiger partial charge in [-0.1, -0.05) is 25.0 Å². The van der Waals surface area contributed by atoms with Crippen LogP contribution in [0.4, 0.5) is 0 Å². The molecule has 1 aliphatic rings. The van der Waals surface area contributed by atoms with Gasteiger partial charge in [0.2, 0.25) is 0 Å². The van der Waals surface area contributed by atoms with Gasteiger partial charge >= 0.3 is 0 Å². The Morgan fingerprint density at radius 1 is 1.16 bits per heavy atom. The normalized spacial score (nSPS) is 21.4. The summed E-state index contributed by atoms with van der Waals surface area (Å²) in [5.41, 5.74) is 2.80. The monoisotopic (exact) mass is 256 g/mol. The number of imidazole rings is 1. The first-order valence-electron chi connectivity index (χ1n) is 7.15. The first-order valence-corrected chi connectivity index (χ1v) is 7.15. The first-order chi connectivity index (χ1) is 9.34. The molecule has 0 fully saturated rings. The van der Waals surface area contributed by atoms with Gasteiger partial charge in [-0.05, 0) is 43.4 Å². The smallest absolute Gasteiger partial charge is 0.137 e. The van der Waals surface area contributed by atoms with Crippen LogP contribution < -0.4 is 0 Å². The van der Waals surface area contributed by atoms with Crippen molar-refractivity contribution < 1.29 is 5.11 Å². The molecule has 19 heavy (non-hydrogen) atoms. The van der Waals surface area contributed by atoms with E-state index in [9.17, 15) is 5.11 Å². The molecule has 1 unspecified atom stereocenters. The van der Waals surface area contributed by atoms with E-state index in [-0.39, 0.29) is 0 Å². The summed E-state index contributed by atoms with van der Waals surface area (Å²) in [6.07, 6.45) is 12.6. The van der Waals surface area contributed by atoms with E-state index < -0.39 is 6.10 Å². The van der Waals surface area contributed by atoms with Crippen LogP contribution in [-0.4, -0.2) is 14.5 Å². The van der Waals surface area contributed by atoms with Gasteiger partial charge in [0.1, 0.15) is 11.8 Å². The van der Waals surface area contributed by atoms with Crippen molar-refractivity contribution in [2.45, 2.75) is 44.6 Å². The fourth-order valence-corrected chi connectivity index (χ4v) is 2.74. The van der Waals surface area contributed by atoms with Crippen LogP contribution in [-0.2, 0) is 0 Å². The van der Waals surface area contributed by atoms with Crippen LogP contribution in [0.3, 0.4) is 0 Å². The zero-order chi connectivity index (χ0) is 13.1. The molecule has 0 aromatic carbocycles. The topological polar surface area (TPSA) is 37.5 Å². The number of hydrogen-bond acceptors (Lipinski definition) is 2. The van der Waals surface area contributed by atoms with E-state index in [0.717, 1.165) is 29.8 Å². The average Bonchev–Trinajstić information content (AvgIpc) is 2.81. The van der Waals surface area contributed by atoms with Gasteiger partial charge in [-0.2, -0.15) is 0 Å². The van der Waals surface area contributed by atoms with E-state index in [1.165, 1.54) is 25.7 Å². The van der Waals surface area contributed by atoms with E-state index in [1.54, 1.807) is 0 Å². The molecule has 2 heterocycles. The number of aromatic nitrogens is 2. The number of allylic oxidation sites excluding steroid dienone is 1. The van der Waals surface area contributed by atoms with Crippen LogP contribution in [0.25, 0.3) is 5.65 Å². The molecule has 100 valence electrons. The summed E-state index contributed by atoms with van der Waals surface area (Å²) in [6, 6.07) is 5.90. The molecule has 0 radical (unpaired) electrons. The summed E-state index contributed by atoms with van der Waals surface area (Å²) in [5, 5.41) is 10.5. The summed E-state index contributed by atoms with van der Waals surface area (Å²) in [6.45, 7) is 0. The largest absolute Gasteiger partial charge is 0.382 e. The highest BCUT2D eigenvalue weighted by Gasteiger charge is 2.17. The highest BCUT2D eigenvalue weighted by molar-refractivity contribution is 5.40. The summed E-state index contributed by atoms with van der Waals surface area (Å²) >= 11 is 0.